The van der Waals surface area contributed by atoms with Gasteiger partial charge in [0.2, 0.25) is 5.91 Å². The highest BCUT2D eigenvalue weighted by atomic mass is 32.2. The summed E-state index contributed by atoms with van der Waals surface area (Å²) >= 11 is 1.39. The predicted molar refractivity (Wildman–Crippen MR) is 112 cm³/mol. The monoisotopic (exact) mass is 413 g/mol. The van der Waals surface area contributed by atoms with Crippen LogP contribution in [0.3, 0.4) is 0 Å². The Balaban J connectivity index is 1.34. The lowest BCUT2D eigenvalue weighted by Crippen LogP contribution is -2.44. The van der Waals surface area contributed by atoms with Gasteiger partial charge in [-0.15, -0.1) is 0 Å². The molecule has 1 N–H and O–H groups in total. The Bertz CT molecular complexity index is 1010. The van der Waals surface area contributed by atoms with Gasteiger partial charge in [-0.25, -0.2) is 4.98 Å². The van der Waals surface area contributed by atoms with Crippen molar-refractivity contribution in [1.29, 1.82) is 0 Å². The Morgan fingerprint density at radius 2 is 2.14 bits per heavy atom. The summed E-state index contributed by atoms with van der Waals surface area (Å²) in [6.07, 6.45) is -0.183. The van der Waals surface area contributed by atoms with Crippen molar-refractivity contribution in [2.45, 2.75) is 18.2 Å². The number of hydrogen-bond acceptors (Lipinski definition) is 6. The van der Waals surface area contributed by atoms with Crippen LogP contribution in [0.15, 0.2) is 47.6 Å². The highest BCUT2D eigenvalue weighted by Gasteiger charge is 2.25. The third-order valence-corrected chi connectivity index (χ3v) is 5.58. The molecule has 1 aromatic heterocycles. The summed E-state index contributed by atoms with van der Waals surface area (Å²) in [5.74, 6) is 2.57. The van der Waals surface area contributed by atoms with E-state index in [2.05, 4.69) is 9.97 Å². The number of ether oxygens (including phenoxy) is 3. The first-order valence-electron chi connectivity index (χ1n) is 9.49. The molecule has 1 aliphatic heterocycles. The highest BCUT2D eigenvalue weighted by molar-refractivity contribution is 7.99. The van der Waals surface area contributed by atoms with E-state index in [0.717, 1.165) is 28.3 Å². The van der Waals surface area contributed by atoms with E-state index in [1.165, 1.54) is 11.8 Å². The van der Waals surface area contributed by atoms with E-state index in [9.17, 15) is 4.79 Å². The van der Waals surface area contributed by atoms with Gasteiger partial charge in [0, 0.05) is 12.6 Å². The van der Waals surface area contributed by atoms with Gasteiger partial charge in [-0.2, -0.15) is 0 Å². The molecule has 0 aliphatic carbocycles. The lowest BCUT2D eigenvalue weighted by atomic mass is 10.2. The zero-order valence-electron chi connectivity index (χ0n) is 16.4. The molecule has 7 nitrogen and oxygen atoms in total. The number of thioether (sulfide) groups is 1. The van der Waals surface area contributed by atoms with Crippen molar-refractivity contribution in [2.24, 2.45) is 0 Å². The normalized spacial score (nSPS) is 15.3. The molecule has 1 atom stereocenters. The van der Waals surface area contributed by atoms with E-state index >= 15 is 0 Å². The molecule has 152 valence electrons. The van der Waals surface area contributed by atoms with Crippen LogP contribution >= 0.6 is 11.8 Å². The van der Waals surface area contributed by atoms with Gasteiger partial charge in [-0.3, -0.25) is 4.79 Å². The third kappa shape index (κ3) is 4.42. The largest absolute Gasteiger partial charge is 0.497 e. The molecule has 0 saturated carbocycles. The van der Waals surface area contributed by atoms with Crippen LogP contribution < -0.4 is 14.2 Å². The number of likely N-dealkylation sites (N-methyl/N-ethyl adjacent to an activating group) is 1. The lowest BCUT2D eigenvalue weighted by molar-refractivity contribution is -0.129. The molecule has 0 bridgehead atoms. The van der Waals surface area contributed by atoms with Crippen LogP contribution in [-0.4, -0.2) is 59.4 Å². The molecule has 1 aliphatic rings. The Labute approximate surface area is 173 Å². The number of carbonyl (C=O) groups is 1. The van der Waals surface area contributed by atoms with E-state index in [1.807, 2.05) is 49.4 Å². The molecule has 2 aromatic carbocycles. The van der Waals surface area contributed by atoms with Gasteiger partial charge < -0.3 is 24.1 Å². The summed E-state index contributed by atoms with van der Waals surface area (Å²) in [6.45, 7) is 3.49. The molecule has 0 spiro atoms. The standard InChI is InChI=1S/C21H23N3O4S/c1-3-24(11-15-12-27-18-6-4-5-7-19(18)28-15)20(25)13-29-21-22-16-9-8-14(26-2)10-17(16)23-21/h4-10,15H,3,11-13H2,1-2H3,(H,22,23)/t15-/m0/s1. The van der Waals surface area contributed by atoms with E-state index in [0.29, 0.717) is 30.6 Å². The van der Waals surface area contributed by atoms with Crippen LogP contribution in [-0.2, 0) is 4.79 Å². The highest BCUT2D eigenvalue weighted by Crippen LogP contribution is 2.31. The summed E-state index contributed by atoms with van der Waals surface area (Å²) in [7, 11) is 1.63. The number of imidazole rings is 1. The zero-order valence-corrected chi connectivity index (χ0v) is 17.2. The van der Waals surface area contributed by atoms with Gasteiger partial charge in [0.1, 0.15) is 12.4 Å². The fraction of sp³-hybridized carbons (Fsp3) is 0.333. The van der Waals surface area contributed by atoms with Gasteiger partial charge in [0.05, 0.1) is 30.4 Å². The average Bonchev–Trinajstić information content (AvgIpc) is 3.17. The SMILES string of the molecule is CCN(C[C@H]1COc2ccccc2O1)C(=O)CSc1nc2ccc(OC)cc2[nH]1. The van der Waals surface area contributed by atoms with E-state index < -0.39 is 0 Å². The number of rotatable bonds is 7. The number of amides is 1. The second-order valence-electron chi connectivity index (χ2n) is 6.64. The fourth-order valence-electron chi connectivity index (χ4n) is 3.19. The van der Waals surface area contributed by atoms with E-state index in [-0.39, 0.29) is 12.0 Å². The number of aromatic amines is 1. The summed E-state index contributed by atoms with van der Waals surface area (Å²) in [6, 6.07) is 13.2. The number of nitrogens with one attached hydrogen (secondary N) is 1. The number of nitrogens with zero attached hydrogens (tertiary/aromatic N) is 2. The first-order valence-corrected chi connectivity index (χ1v) is 10.5. The fourth-order valence-corrected chi connectivity index (χ4v) is 3.98. The van der Waals surface area contributed by atoms with Crippen molar-refractivity contribution in [1.82, 2.24) is 14.9 Å². The number of benzene rings is 2. The molecular formula is C21H23N3O4S. The van der Waals surface area contributed by atoms with Crippen molar-refractivity contribution in [3.63, 3.8) is 0 Å². The molecule has 2 heterocycles. The van der Waals surface area contributed by atoms with Crippen molar-refractivity contribution in [2.75, 3.05) is 32.6 Å². The number of carbonyl (C=O) groups excluding carboxylic acids is 1. The number of para-hydroxylation sites is 2. The predicted octanol–water partition coefficient (Wildman–Crippen LogP) is 3.35. The van der Waals surface area contributed by atoms with Gasteiger partial charge in [-0.05, 0) is 31.2 Å². The first kappa shape index (κ1) is 19.4. The number of fused-ring (bicyclic) bond motifs is 2. The Morgan fingerprint density at radius 3 is 2.93 bits per heavy atom. The molecule has 0 radical (unpaired) electrons. The van der Waals surface area contributed by atoms with Crippen LogP contribution in [0.25, 0.3) is 11.0 Å². The zero-order chi connectivity index (χ0) is 20.2. The van der Waals surface area contributed by atoms with Gasteiger partial charge in [0.25, 0.3) is 0 Å². The Kier molecular flexibility index (Phi) is 5.80. The minimum absolute atomic E-state index is 0.0398. The van der Waals surface area contributed by atoms with Crippen LogP contribution in [0.2, 0.25) is 0 Å². The summed E-state index contributed by atoms with van der Waals surface area (Å²) in [4.78, 5) is 22.3. The van der Waals surface area contributed by atoms with Crippen LogP contribution in [0.1, 0.15) is 6.92 Å². The van der Waals surface area contributed by atoms with Crippen LogP contribution in [0.4, 0.5) is 0 Å². The molecule has 29 heavy (non-hydrogen) atoms. The molecule has 0 unspecified atom stereocenters. The van der Waals surface area contributed by atoms with E-state index in [4.69, 9.17) is 14.2 Å². The number of methoxy groups -OCH3 is 1. The van der Waals surface area contributed by atoms with Crippen molar-refractivity contribution in [3.8, 4) is 17.2 Å². The number of aromatic nitrogens is 2. The number of H-pyrrole nitrogens is 1. The lowest BCUT2D eigenvalue weighted by Gasteiger charge is -2.30. The second kappa shape index (κ2) is 8.65. The maximum absolute atomic E-state index is 12.7. The number of hydrogen-bond donors (Lipinski definition) is 1. The summed E-state index contributed by atoms with van der Waals surface area (Å²) in [5, 5.41) is 0.712. The minimum atomic E-state index is -0.183. The topological polar surface area (TPSA) is 76.7 Å². The van der Waals surface area contributed by atoms with Gasteiger partial charge in [0.15, 0.2) is 22.8 Å². The van der Waals surface area contributed by atoms with Crippen molar-refractivity contribution < 1.29 is 19.0 Å². The average molecular weight is 413 g/mol. The van der Waals surface area contributed by atoms with Gasteiger partial charge >= 0.3 is 0 Å². The molecule has 0 fully saturated rings. The van der Waals surface area contributed by atoms with E-state index in [1.54, 1.807) is 12.0 Å². The Hall–Kier alpha value is -2.87. The second-order valence-corrected chi connectivity index (χ2v) is 7.61. The van der Waals surface area contributed by atoms with Gasteiger partial charge in [-0.1, -0.05) is 23.9 Å². The molecule has 8 heteroatoms. The van der Waals surface area contributed by atoms with Crippen LogP contribution in [0, 0.1) is 0 Å². The molecule has 3 aromatic rings. The third-order valence-electron chi connectivity index (χ3n) is 4.73. The van der Waals surface area contributed by atoms with Crippen LogP contribution in [0.5, 0.6) is 17.2 Å². The maximum Gasteiger partial charge on any atom is 0.233 e. The Morgan fingerprint density at radius 1 is 1.31 bits per heavy atom. The van der Waals surface area contributed by atoms with Crippen molar-refractivity contribution >= 4 is 28.7 Å². The molecule has 0 saturated heterocycles. The molecule has 1 amide bonds. The summed E-state index contributed by atoms with van der Waals surface area (Å²) in [5.41, 5.74) is 1.73. The maximum atomic E-state index is 12.7. The minimum Gasteiger partial charge on any atom is -0.497 e. The smallest absolute Gasteiger partial charge is 0.233 e. The van der Waals surface area contributed by atoms with Crippen molar-refractivity contribution in [3.05, 3.63) is 42.5 Å². The quantitative estimate of drug-likeness (QED) is 0.599. The first-order chi connectivity index (χ1) is 14.2. The molecule has 4 rings (SSSR count). The summed E-state index contributed by atoms with van der Waals surface area (Å²) < 4.78 is 17.0. The molecular weight excluding hydrogens is 390 g/mol.